The normalized spacial score (nSPS) is 28.0. The molecule has 0 amide bonds. The van der Waals surface area contributed by atoms with E-state index < -0.39 is 11.0 Å². The monoisotopic (exact) mass is 288 g/mol. The fourth-order valence-corrected chi connectivity index (χ4v) is 2.13. The number of hydrogen-bond donors (Lipinski definition) is 0. The molecule has 2 atom stereocenters. The summed E-state index contributed by atoms with van der Waals surface area (Å²) in [6, 6.07) is 0.186. The van der Waals surface area contributed by atoms with Gasteiger partial charge in [-0.15, -0.1) is 0 Å². The minimum absolute atomic E-state index is 0.0402. The zero-order valence-electron chi connectivity index (χ0n) is 8.89. The molecule has 2 nitrogen and oxygen atoms in total. The van der Waals surface area contributed by atoms with Crippen molar-refractivity contribution in [3.63, 3.8) is 0 Å². The van der Waals surface area contributed by atoms with E-state index in [0.29, 0.717) is 6.54 Å². The van der Waals surface area contributed by atoms with E-state index in [1.165, 1.54) is 0 Å². The van der Waals surface area contributed by atoms with Gasteiger partial charge in [-0.05, 0) is 14.0 Å². The summed E-state index contributed by atoms with van der Waals surface area (Å²) in [7, 11) is 1.99. The van der Waals surface area contributed by atoms with Gasteiger partial charge in [0, 0.05) is 32.2 Å². The highest BCUT2D eigenvalue weighted by Gasteiger charge is 2.39. The van der Waals surface area contributed by atoms with Gasteiger partial charge in [-0.1, -0.05) is 15.9 Å². The molecule has 2 unspecified atom stereocenters. The average molecular weight is 289 g/mol. The molecule has 1 fully saturated rings. The summed E-state index contributed by atoms with van der Waals surface area (Å²) in [4.78, 5) is 2.60. The van der Waals surface area contributed by atoms with Crippen LogP contribution in [-0.2, 0) is 0 Å². The Hall–Kier alpha value is 0.190. The van der Waals surface area contributed by atoms with Gasteiger partial charge in [0.15, 0.2) is 0 Å². The van der Waals surface area contributed by atoms with Crippen LogP contribution in [0.1, 0.15) is 6.92 Å². The van der Waals surface area contributed by atoms with Crippen molar-refractivity contribution in [1.29, 1.82) is 0 Å². The lowest BCUT2D eigenvalue weighted by molar-refractivity contribution is -0.132. The second kappa shape index (κ2) is 5.01. The summed E-state index contributed by atoms with van der Waals surface area (Å²) in [6.07, 6.45) is -4.15. The maximum absolute atomic E-state index is 12.3. The Morgan fingerprint density at radius 1 is 1.40 bits per heavy atom. The van der Waals surface area contributed by atoms with Crippen LogP contribution in [0.3, 0.4) is 0 Å². The first-order valence-corrected chi connectivity index (χ1v) is 5.85. The summed E-state index contributed by atoms with van der Waals surface area (Å²) in [5.41, 5.74) is 0. The predicted molar refractivity (Wildman–Crippen MR) is 57.3 cm³/mol. The zero-order chi connectivity index (χ0) is 11.6. The number of rotatable bonds is 2. The lowest BCUT2D eigenvalue weighted by Crippen LogP contribution is -2.53. The van der Waals surface area contributed by atoms with Gasteiger partial charge in [-0.3, -0.25) is 4.90 Å². The standard InChI is InChI=1S/C9H16BrF3N2/c1-7-5-14(2)3-4-15(7)6-8(10)9(11,12)13/h7-8H,3-6H2,1-2H3. The van der Waals surface area contributed by atoms with E-state index in [-0.39, 0.29) is 12.6 Å². The molecule has 6 heteroatoms. The molecule has 0 aromatic heterocycles. The maximum Gasteiger partial charge on any atom is 0.402 e. The number of piperazine rings is 1. The van der Waals surface area contributed by atoms with Crippen molar-refractivity contribution in [1.82, 2.24) is 9.80 Å². The van der Waals surface area contributed by atoms with Crippen LogP contribution in [0.5, 0.6) is 0 Å². The van der Waals surface area contributed by atoms with E-state index in [0.717, 1.165) is 13.1 Å². The van der Waals surface area contributed by atoms with Gasteiger partial charge in [0.1, 0.15) is 4.83 Å². The number of nitrogens with zero attached hydrogens (tertiary/aromatic N) is 2. The molecule has 1 heterocycles. The Labute approximate surface area is 96.5 Å². The summed E-state index contributed by atoms with van der Waals surface area (Å²) < 4.78 is 37.0. The van der Waals surface area contributed by atoms with Crippen LogP contribution in [0.25, 0.3) is 0 Å². The van der Waals surface area contributed by atoms with E-state index in [1.807, 2.05) is 18.9 Å². The van der Waals surface area contributed by atoms with Crippen LogP contribution in [0, 0.1) is 0 Å². The minimum atomic E-state index is -4.15. The molecule has 1 rings (SSSR count). The van der Waals surface area contributed by atoms with Crippen LogP contribution in [0.4, 0.5) is 13.2 Å². The maximum atomic E-state index is 12.3. The first-order chi connectivity index (χ1) is 6.80. The molecule has 15 heavy (non-hydrogen) atoms. The third kappa shape index (κ3) is 3.92. The SMILES string of the molecule is CC1CN(C)CCN1CC(Br)C(F)(F)F. The molecule has 0 N–H and O–H groups in total. The highest BCUT2D eigenvalue weighted by molar-refractivity contribution is 9.09. The summed E-state index contributed by atoms with van der Waals surface area (Å²) in [6.45, 7) is 4.37. The highest BCUT2D eigenvalue weighted by atomic mass is 79.9. The number of alkyl halides is 4. The van der Waals surface area contributed by atoms with Gasteiger partial charge in [0.25, 0.3) is 0 Å². The molecule has 0 saturated carbocycles. The van der Waals surface area contributed by atoms with Crippen molar-refractivity contribution in [2.45, 2.75) is 24.0 Å². The summed E-state index contributed by atoms with van der Waals surface area (Å²) in [5, 5.41) is 0. The third-order valence-corrected chi connectivity index (χ3v) is 3.53. The molecule has 0 spiro atoms. The second-order valence-electron chi connectivity index (χ2n) is 4.12. The lowest BCUT2D eigenvalue weighted by atomic mass is 10.2. The van der Waals surface area contributed by atoms with E-state index >= 15 is 0 Å². The Morgan fingerprint density at radius 3 is 2.47 bits per heavy atom. The molecule has 0 bridgehead atoms. The molecule has 1 aliphatic heterocycles. The largest absolute Gasteiger partial charge is 0.402 e. The molecule has 90 valence electrons. The van der Waals surface area contributed by atoms with Crippen LogP contribution < -0.4 is 0 Å². The summed E-state index contributed by atoms with van der Waals surface area (Å²) in [5.74, 6) is 0. The molecule has 0 aromatic rings. The first kappa shape index (κ1) is 13.3. The van der Waals surface area contributed by atoms with Crippen molar-refractivity contribution in [2.75, 3.05) is 33.2 Å². The van der Waals surface area contributed by atoms with Crippen molar-refractivity contribution in [3.05, 3.63) is 0 Å². The van der Waals surface area contributed by atoms with E-state index in [2.05, 4.69) is 20.8 Å². The number of halogens is 4. The van der Waals surface area contributed by atoms with Crippen molar-refractivity contribution >= 4 is 15.9 Å². The van der Waals surface area contributed by atoms with Gasteiger partial charge in [0.2, 0.25) is 0 Å². The van der Waals surface area contributed by atoms with E-state index in [9.17, 15) is 13.2 Å². The topological polar surface area (TPSA) is 6.48 Å². The third-order valence-electron chi connectivity index (χ3n) is 2.72. The molecular formula is C9H16BrF3N2. The van der Waals surface area contributed by atoms with Gasteiger partial charge in [-0.25, -0.2) is 0 Å². The number of likely N-dealkylation sites (N-methyl/N-ethyl adjacent to an activating group) is 1. The van der Waals surface area contributed by atoms with Gasteiger partial charge in [0.05, 0.1) is 0 Å². The molecule has 1 saturated heterocycles. The van der Waals surface area contributed by atoms with Gasteiger partial charge in [-0.2, -0.15) is 13.2 Å². The van der Waals surface area contributed by atoms with Crippen molar-refractivity contribution in [2.24, 2.45) is 0 Å². The Morgan fingerprint density at radius 2 is 2.00 bits per heavy atom. The quantitative estimate of drug-likeness (QED) is 0.717. The van der Waals surface area contributed by atoms with E-state index in [4.69, 9.17) is 0 Å². The Balaban J connectivity index is 2.45. The Kier molecular flexibility index (Phi) is 4.43. The Bertz CT molecular complexity index is 210. The molecular weight excluding hydrogens is 273 g/mol. The number of hydrogen-bond acceptors (Lipinski definition) is 2. The fourth-order valence-electron chi connectivity index (χ4n) is 1.76. The summed E-state index contributed by atoms with van der Waals surface area (Å²) >= 11 is 2.70. The van der Waals surface area contributed by atoms with Crippen LogP contribution in [0.15, 0.2) is 0 Å². The van der Waals surface area contributed by atoms with Crippen molar-refractivity contribution in [3.8, 4) is 0 Å². The average Bonchev–Trinajstić information content (AvgIpc) is 2.08. The zero-order valence-corrected chi connectivity index (χ0v) is 10.5. The minimum Gasteiger partial charge on any atom is -0.304 e. The molecule has 0 aliphatic carbocycles. The fraction of sp³-hybridized carbons (Fsp3) is 1.00. The van der Waals surface area contributed by atoms with Gasteiger partial charge < -0.3 is 4.90 Å². The molecule has 0 aromatic carbocycles. The van der Waals surface area contributed by atoms with Crippen molar-refractivity contribution < 1.29 is 13.2 Å². The van der Waals surface area contributed by atoms with Crippen LogP contribution in [0.2, 0.25) is 0 Å². The molecule has 0 radical (unpaired) electrons. The lowest BCUT2D eigenvalue weighted by Gasteiger charge is -2.39. The van der Waals surface area contributed by atoms with E-state index in [1.54, 1.807) is 0 Å². The molecule has 1 aliphatic rings. The van der Waals surface area contributed by atoms with Gasteiger partial charge >= 0.3 is 6.18 Å². The first-order valence-electron chi connectivity index (χ1n) is 4.94. The van der Waals surface area contributed by atoms with Crippen LogP contribution in [-0.4, -0.2) is 60.1 Å². The van der Waals surface area contributed by atoms with Crippen LogP contribution >= 0.6 is 15.9 Å². The predicted octanol–water partition coefficient (Wildman–Crippen LogP) is 1.95. The smallest absolute Gasteiger partial charge is 0.304 e. The highest BCUT2D eigenvalue weighted by Crippen LogP contribution is 2.27. The second-order valence-corrected chi connectivity index (χ2v) is 5.22.